The Labute approximate surface area is 190 Å². The molecule has 1 fully saturated rings. The number of hydrogen-bond acceptors (Lipinski definition) is 4. The number of halogens is 2. The van der Waals surface area contributed by atoms with Crippen molar-refractivity contribution in [3.8, 4) is 0 Å². The van der Waals surface area contributed by atoms with Crippen LogP contribution in [0.15, 0.2) is 34.2 Å². The third-order valence-corrected chi connectivity index (χ3v) is 5.76. The van der Waals surface area contributed by atoms with Gasteiger partial charge in [0, 0.05) is 62.0 Å². The number of nitrogens with one attached hydrogen (secondary N) is 2. The molecule has 1 aliphatic rings. The van der Waals surface area contributed by atoms with Crippen molar-refractivity contribution in [2.24, 2.45) is 4.99 Å². The summed E-state index contributed by atoms with van der Waals surface area (Å²) in [5.74, 6) is 1.88. The number of aliphatic imine (C=N–C) groups is 1. The van der Waals surface area contributed by atoms with Gasteiger partial charge in [0.15, 0.2) is 5.96 Å². The number of guanidine groups is 1. The van der Waals surface area contributed by atoms with Crippen LogP contribution in [0.3, 0.4) is 0 Å². The maximum Gasteiger partial charge on any atom is 0.191 e. The molecule has 2 N–H and O–H groups in total. The van der Waals surface area contributed by atoms with Crippen molar-refractivity contribution in [3.63, 3.8) is 0 Å². The standard InChI is InChI=1S/C19H32ClN5S.HI/c1-21-19(23-10-16-26-18-7-5-17(20)6-8-18)22-9-3-4-11-25-14-12-24(2)13-15-25;/h5-8H,3-4,9-16H2,1-2H3,(H2,21,22,23);1H. The molecule has 0 saturated carbocycles. The molecule has 2 rings (SSSR count). The maximum absolute atomic E-state index is 5.90. The van der Waals surface area contributed by atoms with Crippen LogP contribution in [-0.4, -0.2) is 81.4 Å². The third kappa shape index (κ3) is 10.8. The summed E-state index contributed by atoms with van der Waals surface area (Å²) in [5.41, 5.74) is 0. The Morgan fingerprint density at radius 1 is 1.07 bits per heavy atom. The first-order chi connectivity index (χ1) is 12.7. The lowest BCUT2D eigenvalue weighted by Crippen LogP contribution is -2.44. The minimum Gasteiger partial charge on any atom is -0.356 e. The van der Waals surface area contributed by atoms with Crippen molar-refractivity contribution >= 4 is 53.3 Å². The molecule has 0 bridgehead atoms. The van der Waals surface area contributed by atoms with Gasteiger partial charge in [-0.2, -0.15) is 0 Å². The van der Waals surface area contributed by atoms with Gasteiger partial charge in [-0.15, -0.1) is 35.7 Å². The van der Waals surface area contributed by atoms with Gasteiger partial charge in [-0.3, -0.25) is 4.99 Å². The van der Waals surface area contributed by atoms with Crippen molar-refractivity contribution in [1.29, 1.82) is 0 Å². The lowest BCUT2D eigenvalue weighted by molar-refractivity contribution is 0.152. The van der Waals surface area contributed by atoms with Gasteiger partial charge >= 0.3 is 0 Å². The predicted molar refractivity (Wildman–Crippen MR) is 130 cm³/mol. The van der Waals surface area contributed by atoms with Crippen molar-refractivity contribution in [2.75, 3.05) is 65.7 Å². The summed E-state index contributed by atoms with van der Waals surface area (Å²) < 4.78 is 0. The molecule has 1 aromatic rings. The first-order valence-electron chi connectivity index (χ1n) is 9.41. The number of nitrogens with zero attached hydrogens (tertiary/aromatic N) is 3. The van der Waals surface area contributed by atoms with E-state index in [4.69, 9.17) is 11.6 Å². The lowest BCUT2D eigenvalue weighted by Gasteiger charge is -2.32. The number of rotatable bonds is 9. The van der Waals surface area contributed by atoms with E-state index < -0.39 is 0 Å². The second-order valence-electron chi connectivity index (χ2n) is 6.58. The Hall–Kier alpha value is -0.220. The van der Waals surface area contributed by atoms with Gasteiger partial charge in [0.25, 0.3) is 0 Å². The molecule has 1 heterocycles. The molecule has 0 unspecified atom stereocenters. The number of unbranched alkanes of at least 4 members (excludes halogenated alkanes) is 1. The summed E-state index contributed by atoms with van der Waals surface area (Å²) in [4.78, 5) is 10.5. The molecule has 0 aliphatic carbocycles. The SMILES string of the molecule is CN=C(NCCCCN1CCN(C)CC1)NCCSc1ccc(Cl)cc1.I. The molecule has 0 radical (unpaired) electrons. The molecule has 0 spiro atoms. The van der Waals surface area contributed by atoms with E-state index in [1.165, 1.54) is 50.5 Å². The maximum atomic E-state index is 5.90. The van der Waals surface area contributed by atoms with Gasteiger partial charge < -0.3 is 20.4 Å². The van der Waals surface area contributed by atoms with Crippen LogP contribution < -0.4 is 10.6 Å². The van der Waals surface area contributed by atoms with Crippen molar-refractivity contribution in [2.45, 2.75) is 17.7 Å². The summed E-state index contributed by atoms with van der Waals surface area (Å²) in [6.07, 6.45) is 2.41. The number of benzene rings is 1. The summed E-state index contributed by atoms with van der Waals surface area (Å²) in [6.45, 7) is 7.87. The van der Waals surface area contributed by atoms with Crippen LogP contribution in [0, 0.1) is 0 Å². The number of hydrogen-bond donors (Lipinski definition) is 2. The molecule has 1 aliphatic heterocycles. The number of likely N-dealkylation sites (N-methyl/N-ethyl adjacent to an activating group) is 1. The Balaban J connectivity index is 0.00000364. The highest BCUT2D eigenvalue weighted by atomic mass is 127. The zero-order valence-electron chi connectivity index (χ0n) is 16.4. The molecule has 27 heavy (non-hydrogen) atoms. The highest BCUT2D eigenvalue weighted by Gasteiger charge is 2.12. The van der Waals surface area contributed by atoms with E-state index in [-0.39, 0.29) is 24.0 Å². The molecule has 1 saturated heterocycles. The van der Waals surface area contributed by atoms with Gasteiger partial charge in [0.1, 0.15) is 0 Å². The van der Waals surface area contributed by atoms with Crippen LogP contribution in [0.1, 0.15) is 12.8 Å². The van der Waals surface area contributed by atoms with Crippen LogP contribution in [0.4, 0.5) is 0 Å². The van der Waals surface area contributed by atoms with Crippen LogP contribution in [0.2, 0.25) is 5.02 Å². The smallest absolute Gasteiger partial charge is 0.191 e. The molecule has 5 nitrogen and oxygen atoms in total. The van der Waals surface area contributed by atoms with Gasteiger partial charge in [-0.05, 0) is 50.7 Å². The van der Waals surface area contributed by atoms with Crippen LogP contribution in [0.5, 0.6) is 0 Å². The number of piperazine rings is 1. The zero-order valence-corrected chi connectivity index (χ0v) is 20.3. The quantitative estimate of drug-likeness (QED) is 0.170. The average molecular weight is 526 g/mol. The summed E-state index contributed by atoms with van der Waals surface area (Å²) in [5, 5.41) is 7.56. The number of thioether (sulfide) groups is 1. The normalized spacial score (nSPS) is 16.0. The fourth-order valence-electron chi connectivity index (χ4n) is 2.83. The van der Waals surface area contributed by atoms with E-state index in [9.17, 15) is 0 Å². The largest absolute Gasteiger partial charge is 0.356 e. The van der Waals surface area contributed by atoms with E-state index in [0.29, 0.717) is 0 Å². The van der Waals surface area contributed by atoms with Crippen LogP contribution >= 0.6 is 47.3 Å². The van der Waals surface area contributed by atoms with Gasteiger partial charge in [0.2, 0.25) is 0 Å². The average Bonchev–Trinajstić information content (AvgIpc) is 2.66. The first kappa shape index (κ1) is 24.8. The Bertz CT molecular complexity index is 535. The van der Waals surface area contributed by atoms with E-state index >= 15 is 0 Å². The summed E-state index contributed by atoms with van der Waals surface area (Å²) in [6, 6.07) is 7.97. The minimum atomic E-state index is 0. The molecule has 1 aromatic carbocycles. The highest BCUT2D eigenvalue weighted by molar-refractivity contribution is 14.0. The zero-order chi connectivity index (χ0) is 18.6. The molecule has 0 atom stereocenters. The fourth-order valence-corrected chi connectivity index (χ4v) is 3.72. The molecular weight excluding hydrogens is 493 g/mol. The monoisotopic (exact) mass is 525 g/mol. The summed E-state index contributed by atoms with van der Waals surface area (Å²) in [7, 11) is 4.03. The molecule has 8 heteroatoms. The van der Waals surface area contributed by atoms with Gasteiger partial charge in [0.05, 0.1) is 0 Å². The molecule has 0 aromatic heterocycles. The van der Waals surface area contributed by atoms with Crippen LogP contribution in [0.25, 0.3) is 0 Å². The minimum absolute atomic E-state index is 0. The topological polar surface area (TPSA) is 42.9 Å². The van der Waals surface area contributed by atoms with Crippen LogP contribution in [-0.2, 0) is 0 Å². The van der Waals surface area contributed by atoms with Crippen molar-refractivity contribution in [1.82, 2.24) is 20.4 Å². The fraction of sp³-hybridized carbons (Fsp3) is 0.632. The Morgan fingerprint density at radius 3 is 2.41 bits per heavy atom. The Kier molecular flexibility index (Phi) is 13.5. The van der Waals surface area contributed by atoms with Crippen molar-refractivity contribution < 1.29 is 0 Å². The van der Waals surface area contributed by atoms with E-state index in [1.807, 2.05) is 30.9 Å². The Morgan fingerprint density at radius 2 is 1.74 bits per heavy atom. The molecular formula is C19H33ClIN5S. The molecule has 0 amide bonds. The highest BCUT2D eigenvalue weighted by Crippen LogP contribution is 2.19. The third-order valence-electron chi connectivity index (χ3n) is 4.49. The second-order valence-corrected chi connectivity index (χ2v) is 8.18. The van der Waals surface area contributed by atoms with E-state index in [1.54, 1.807) is 0 Å². The lowest BCUT2D eigenvalue weighted by atomic mass is 10.2. The van der Waals surface area contributed by atoms with Gasteiger partial charge in [-0.25, -0.2) is 0 Å². The van der Waals surface area contributed by atoms with Crippen molar-refractivity contribution in [3.05, 3.63) is 29.3 Å². The predicted octanol–water partition coefficient (Wildman–Crippen LogP) is 3.24. The van der Waals surface area contributed by atoms with E-state index in [0.717, 1.165) is 29.8 Å². The summed E-state index contributed by atoms with van der Waals surface area (Å²) >= 11 is 7.72. The van der Waals surface area contributed by atoms with E-state index in [2.05, 4.69) is 44.6 Å². The first-order valence-corrected chi connectivity index (χ1v) is 10.8. The second kappa shape index (κ2) is 14.7. The van der Waals surface area contributed by atoms with Gasteiger partial charge in [-0.1, -0.05) is 11.6 Å². The molecule has 154 valence electrons.